The largest absolute Gasteiger partial charge is 0.465 e. The summed E-state index contributed by atoms with van der Waals surface area (Å²) in [5, 5.41) is 15.5. The van der Waals surface area contributed by atoms with Crippen molar-refractivity contribution in [1.29, 1.82) is 0 Å². The predicted molar refractivity (Wildman–Crippen MR) is 76.3 cm³/mol. The number of hydrogen-bond acceptors (Lipinski definition) is 4. The fourth-order valence-electron chi connectivity index (χ4n) is 1.96. The molecule has 2 rings (SSSR count). The Labute approximate surface area is 115 Å². The van der Waals surface area contributed by atoms with Crippen LogP contribution in [-0.2, 0) is 0 Å². The maximum atomic E-state index is 11.6. The summed E-state index contributed by atoms with van der Waals surface area (Å²) >= 11 is 0. The van der Waals surface area contributed by atoms with E-state index in [1.807, 2.05) is 24.3 Å². The zero-order valence-corrected chi connectivity index (χ0v) is 11.0. The Kier molecular flexibility index (Phi) is 4.14. The molecule has 104 valence electrons. The van der Waals surface area contributed by atoms with Gasteiger partial charge in [-0.25, -0.2) is 9.78 Å². The number of Topliss-reactive ketones (excluding diaryl/α,β-unsaturated/α-hetero) is 1. The first kappa shape index (κ1) is 13.8. The third kappa shape index (κ3) is 3.03. The number of benzene rings is 1. The Morgan fingerprint density at radius 1 is 1.20 bits per heavy atom. The number of pyridine rings is 1. The van der Waals surface area contributed by atoms with Crippen molar-refractivity contribution in [2.45, 2.75) is 6.92 Å². The second kappa shape index (κ2) is 6.01. The molecule has 1 aromatic heterocycles. The topological polar surface area (TPSA) is 91.3 Å². The molecule has 3 N–H and O–H groups in total. The van der Waals surface area contributed by atoms with Gasteiger partial charge in [0.05, 0.1) is 0 Å². The van der Waals surface area contributed by atoms with Gasteiger partial charge in [0, 0.05) is 30.2 Å². The van der Waals surface area contributed by atoms with E-state index in [1.165, 1.54) is 13.1 Å². The van der Waals surface area contributed by atoms with Crippen molar-refractivity contribution in [3.05, 3.63) is 36.0 Å². The zero-order chi connectivity index (χ0) is 14.5. The van der Waals surface area contributed by atoms with E-state index in [-0.39, 0.29) is 12.3 Å². The molecule has 0 unspecified atom stereocenters. The van der Waals surface area contributed by atoms with Crippen molar-refractivity contribution in [2.75, 3.05) is 18.4 Å². The summed E-state index contributed by atoms with van der Waals surface area (Å²) in [6, 6.07) is 7.48. The number of aromatic nitrogens is 1. The molecule has 0 saturated heterocycles. The average Bonchev–Trinajstić information content (AvgIpc) is 2.43. The normalized spacial score (nSPS) is 10.2. The summed E-state index contributed by atoms with van der Waals surface area (Å²) < 4.78 is 0. The van der Waals surface area contributed by atoms with Crippen molar-refractivity contribution < 1.29 is 14.7 Å². The van der Waals surface area contributed by atoms with Gasteiger partial charge in [0.2, 0.25) is 0 Å². The van der Waals surface area contributed by atoms with Crippen LogP contribution in [0.25, 0.3) is 10.8 Å². The minimum atomic E-state index is -1.06. The maximum absolute atomic E-state index is 11.6. The van der Waals surface area contributed by atoms with Crippen LogP contribution in [0.3, 0.4) is 0 Å². The van der Waals surface area contributed by atoms with Crippen LogP contribution >= 0.6 is 0 Å². The maximum Gasteiger partial charge on any atom is 0.404 e. The van der Waals surface area contributed by atoms with Gasteiger partial charge >= 0.3 is 6.09 Å². The minimum absolute atomic E-state index is 0.0345. The molecule has 6 heteroatoms. The van der Waals surface area contributed by atoms with Crippen LogP contribution in [0.4, 0.5) is 10.6 Å². The summed E-state index contributed by atoms with van der Waals surface area (Å²) in [5.41, 5.74) is 0.579. The minimum Gasteiger partial charge on any atom is -0.465 e. The van der Waals surface area contributed by atoms with Crippen LogP contribution < -0.4 is 10.6 Å². The molecule has 1 amide bonds. The molecule has 0 saturated carbocycles. The van der Waals surface area contributed by atoms with Gasteiger partial charge < -0.3 is 15.7 Å². The van der Waals surface area contributed by atoms with Gasteiger partial charge in [0.1, 0.15) is 5.82 Å². The molecule has 6 nitrogen and oxygen atoms in total. The fourth-order valence-corrected chi connectivity index (χ4v) is 1.96. The Morgan fingerprint density at radius 2 is 1.90 bits per heavy atom. The van der Waals surface area contributed by atoms with Crippen LogP contribution in [0.5, 0.6) is 0 Å². The van der Waals surface area contributed by atoms with Crippen LogP contribution in [0.15, 0.2) is 30.5 Å². The van der Waals surface area contributed by atoms with Crippen LogP contribution in [-0.4, -0.2) is 35.1 Å². The lowest BCUT2D eigenvalue weighted by atomic mass is 10.0. The lowest BCUT2D eigenvalue weighted by Crippen LogP contribution is -2.27. The molecule has 0 aliphatic rings. The van der Waals surface area contributed by atoms with Gasteiger partial charge in [-0.3, -0.25) is 4.79 Å². The SMILES string of the molecule is CC(=O)c1cnc(NCCNC(=O)O)c2ccccc12. The van der Waals surface area contributed by atoms with E-state index in [0.29, 0.717) is 17.9 Å². The third-order valence-corrected chi connectivity index (χ3v) is 2.87. The van der Waals surface area contributed by atoms with Gasteiger partial charge in [-0.2, -0.15) is 0 Å². The average molecular weight is 273 g/mol. The van der Waals surface area contributed by atoms with Crippen LogP contribution in [0.1, 0.15) is 17.3 Å². The summed E-state index contributed by atoms with van der Waals surface area (Å²) in [5.74, 6) is 0.602. The number of rotatable bonds is 5. The van der Waals surface area contributed by atoms with E-state index in [0.717, 1.165) is 10.8 Å². The summed E-state index contributed by atoms with van der Waals surface area (Å²) in [6.07, 6.45) is 0.481. The first-order valence-corrected chi connectivity index (χ1v) is 6.19. The smallest absolute Gasteiger partial charge is 0.404 e. The van der Waals surface area contributed by atoms with Gasteiger partial charge in [-0.15, -0.1) is 0 Å². The van der Waals surface area contributed by atoms with Gasteiger partial charge in [0.15, 0.2) is 5.78 Å². The Morgan fingerprint density at radius 3 is 2.55 bits per heavy atom. The van der Waals surface area contributed by atoms with Gasteiger partial charge in [-0.05, 0) is 12.3 Å². The van der Waals surface area contributed by atoms with Crippen LogP contribution in [0.2, 0.25) is 0 Å². The first-order valence-electron chi connectivity index (χ1n) is 6.19. The Bertz CT molecular complexity index is 655. The van der Waals surface area contributed by atoms with Gasteiger partial charge in [0.25, 0.3) is 0 Å². The molecule has 0 fully saturated rings. The molecule has 0 bridgehead atoms. The fraction of sp³-hybridized carbons (Fsp3) is 0.214. The number of carbonyl (C=O) groups is 2. The number of carbonyl (C=O) groups excluding carboxylic acids is 1. The number of anilines is 1. The monoisotopic (exact) mass is 273 g/mol. The third-order valence-electron chi connectivity index (χ3n) is 2.87. The van der Waals surface area contributed by atoms with E-state index in [9.17, 15) is 9.59 Å². The molecule has 1 heterocycles. The Balaban J connectivity index is 2.24. The van der Waals surface area contributed by atoms with Gasteiger partial charge in [-0.1, -0.05) is 24.3 Å². The lowest BCUT2D eigenvalue weighted by molar-refractivity contribution is 0.101. The molecule has 0 radical (unpaired) electrons. The molecular formula is C14H15N3O3. The van der Waals surface area contributed by atoms with E-state index >= 15 is 0 Å². The highest BCUT2D eigenvalue weighted by Gasteiger charge is 2.09. The predicted octanol–water partition coefficient (Wildman–Crippen LogP) is 2.12. The number of nitrogens with one attached hydrogen (secondary N) is 2. The van der Waals surface area contributed by atoms with Crippen molar-refractivity contribution in [1.82, 2.24) is 10.3 Å². The highest BCUT2D eigenvalue weighted by molar-refractivity contribution is 6.09. The van der Waals surface area contributed by atoms with Crippen molar-refractivity contribution in [3.8, 4) is 0 Å². The molecule has 0 aliphatic carbocycles. The first-order chi connectivity index (χ1) is 9.59. The number of nitrogens with zero attached hydrogens (tertiary/aromatic N) is 1. The summed E-state index contributed by atoms with van der Waals surface area (Å²) in [7, 11) is 0. The van der Waals surface area contributed by atoms with Crippen molar-refractivity contribution in [2.24, 2.45) is 0 Å². The number of hydrogen-bond donors (Lipinski definition) is 3. The molecule has 0 aliphatic heterocycles. The molecule has 0 atom stereocenters. The van der Waals surface area contributed by atoms with Crippen LogP contribution in [0, 0.1) is 0 Å². The molecule has 20 heavy (non-hydrogen) atoms. The van der Waals surface area contributed by atoms with E-state index in [4.69, 9.17) is 5.11 Å². The number of fused-ring (bicyclic) bond motifs is 1. The number of carboxylic acid groups (broad SMARTS) is 1. The summed E-state index contributed by atoms with van der Waals surface area (Å²) in [4.78, 5) is 26.2. The standard InChI is InChI=1S/C14H15N3O3/c1-9(18)12-8-17-13(15-6-7-16-14(19)20)11-5-3-2-4-10(11)12/h2-5,8,16H,6-7H2,1H3,(H,15,17)(H,19,20). The quantitative estimate of drug-likeness (QED) is 0.573. The second-order valence-electron chi connectivity index (χ2n) is 4.28. The molecule has 1 aromatic carbocycles. The number of ketones is 1. The highest BCUT2D eigenvalue weighted by Crippen LogP contribution is 2.24. The highest BCUT2D eigenvalue weighted by atomic mass is 16.4. The lowest BCUT2D eigenvalue weighted by Gasteiger charge is -2.10. The zero-order valence-electron chi connectivity index (χ0n) is 11.0. The summed E-state index contributed by atoms with van der Waals surface area (Å²) in [6.45, 7) is 2.20. The molecule has 2 aromatic rings. The number of amides is 1. The molecular weight excluding hydrogens is 258 g/mol. The van der Waals surface area contributed by atoms with Crippen molar-refractivity contribution in [3.63, 3.8) is 0 Å². The second-order valence-corrected chi connectivity index (χ2v) is 4.28. The Hall–Kier alpha value is -2.63. The van der Waals surface area contributed by atoms with E-state index in [2.05, 4.69) is 15.6 Å². The van der Waals surface area contributed by atoms with Crippen molar-refractivity contribution >= 4 is 28.5 Å². The molecule has 0 spiro atoms. The van der Waals surface area contributed by atoms with E-state index in [1.54, 1.807) is 0 Å². The van der Waals surface area contributed by atoms with E-state index < -0.39 is 6.09 Å².